The van der Waals surface area contributed by atoms with Gasteiger partial charge in [0.05, 0.1) is 12.2 Å². The van der Waals surface area contributed by atoms with Crippen molar-refractivity contribution in [1.29, 1.82) is 0 Å². The summed E-state index contributed by atoms with van der Waals surface area (Å²) in [6.45, 7) is 5.95. The minimum Gasteiger partial charge on any atom is -0.367 e. The topological polar surface area (TPSA) is 18.5 Å². The molecule has 4 atom stereocenters. The van der Waals surface area contributed by atoms with Gasteiger partial charge in [0.15, 0.2) is 6.17 Å². The molecule has 21 heavy (non-hydrogen) atoms. The van der Waals surface area contributed by atoms with E-state index in [1.54, 1.807) is 18.2 Å². The zero-order valence-corrected chi connectivity index (χ0v) is 12.7. The third-order valence-electron chi connectivity index (χ3n) is 5.12. The summed E-state index contributed by atoms with van der Waals surface area (Å²) in [5, 5.41) is 0. The van der Waals surface area contributed by atoms with Gasteiger partial charge in [0.25, 0.3) is 0 Å². The van der Waals surface area contributed by atoms with Gasteiger partial charge in [0.2, 0.25) is 0 Å². The molecular formula is C17H22F2O2. The van der Waals surface area contributed by atoms with E-state index in [0.717, 1.165) is 12.8 Å². The zero-order chi connectivity index (χ0) is 15.3. The maximum absolute atomic E-state index is 14.9. The fourth-order valence-corrected chi connectivity index (χ4v) is 3.72. The number of hydrogen-bond donors (Lipinski definition) is 0. The van der Waals surface area contributed by atoms with Gasteiger partial charge >= 0.3 is 0 Å². The highest BCUT2D eigenvalue weighted by Gasteiger charge is 2.67. The number of benzene rings is 1. The third-order valence-corrected chi connectivity index (χ3v) is 5.12. The van der Waals surface area contributed by atoms with E-state index in [1.807, 2.05) is 20.8 Å². The SMILES string of the molecule is CC(C)[C@]12CC[C@](C)(O1)[C@H](OCc1ccccc1F)[C@H]2F. The van der Waals surface area contributed by atoms with Crippen molar-refractivity contribution in [2.45, 2.75) is 63.7 Å². The third kappa shape index (κ3) is 2.20. The van der Waals surface area contributed by atoms with Crippen LogP contribution in [0.4, 0.5) is 8.78 Å². The summed E-state index contributed by atoms with van der Waals surface area (Å²) in [7, 11) is 0. The molecule has 1 aromatic rings. The van der Waals surface area contributed by atoms with Crippen LogP contribution in [-0.2, 0) is 16.1 Å². The smallest absolute Gasteiger partial charge is 0.158 e. The molecule has 2 nitrogen and oxygen atoms in total. The van der Waals surface area contributed by atoms with E-state index < -0.39 is 23.5 Å². The number of fused-ring (bicyclic) bond motifs is 2. The van der Waals surface area contributed by atoms with Crippen LogP contribution in [0, 0.1) is 11.7 Å². The Morgan fingerprint density at radius 2 is 2.05 bits per heavy atom. The molecule has 0 saturated carbocycles. The highest BCUT2D eigenvalue weighted by atomic mass is 19.1. The fraction of sp³-hybridized carbons (Fsp3) is 0.647. The van der Waals surface area contributed by atoms with Gasteiger partial charge in [-0.25, -0.2) is 8.78 Å². The van der Waals surface area contributed by atoms with Crippen LogP contribution in [0.15, 0.2) is 24.3 Å². The van der Waals surface area contributed by atoms with Crippen LogP contribution in [0.25, 0.3) is 0 Å². The second-order valence-electron chi connectivity index (χ2n) is 6.75. The van der Waals surface area contributed by atoms with Crippen molar-refractivity contribution in [2.75, 3.05) is 0 Å². The Balaban J connectivity index is 1.76. The molecule has 4 heteroatoms. The van der Waals surface area contributed by atoms with Gasteiger partial charge in [-0.2, -0.15) is 0 Å². The van der Waals surface area contributed by atoms with Gasteiger partial charge in [0.1, 0.15) is 17.5 Å². The fourth-order valence-electron chi connectivity index (χ4n) is 3.72. The summed E-state index contributed by atoms with van der Waals surface area (Å²) in [6.07, 6.45) is -0.286. The lowest BCUT2D eigenvalue weighted by atomic mass is 9.74. The first-order valence-electron chi connectivity index (χ1n) is 7.58. The molecular weight excluding hydrogens is 274 g/mol. The molecule has 1 aromatic carbocycles. The van der Waals surface area contributed by atoms with Crippen molar-refractivity contribution in [1.82, 2.24) is 0 Å². The van der Waals surface area contributed by atoms with Gasteiger partial charge in [-0.3, -0.25) is 0 Å². The molecule has 0 N–H and O–H groups in total. The Labute approximate surface area is 124 Å². The van der Waals surface area contributed by atoms with Crippen LogP contribution in [-0.4, -0.2) is 23.5 Å². The second-order valence-corrected chi connectivity index (χ2v) is 6.75. The average molecular weight is 296 g/mol. The van der Waals surface area contributed by atoms with E-state index in [4.69, 9.17) is 9.47 Å². The van der Waals surface area contributed by atoms with Crippen LogP contribution < -0.4 is 0 Å². The van der Waals surface area contributed by atoms with E-state index in [0.29, 0.717) is 5.56 Å². The lowest BCUT2D eigenvalue weighted by Crippen LogP contribution is -2.49. The van der Waals surface area contributed by atoms with E-state index in [9.17, 15) is 8.78 Å². The molecule has 2 aliphatic heterocycles. The molecule has 2 aliphatic rings. The first-order chi connectivity index (χ1) is 9.89. The minimum atomic E-state index is -1.16. The van der Waals surface area contributed by atoms with Crippen molar-refractivity contribution in [2.24, 2.45) is 5.92 Å². The Morgan fingerprint density at radius 1 is 1.33 bits per heavy atom. The summed E-state index contributed by atoms with van der Waals surface area (Å²) in [6, 6.07) is 6.44. The van der Waals surface area contributed by atoms with E-state index in [1.165, 1.54) is 6.07 Å². The lowest BCUT2D eigenvalue weighted by Gasteiger charge is -2.35. The highest BCUT2D eigenvalue weighted by Crippen LogP contribution is 2.56. The average Bonchev–Trinajstić information content (AvgIpc) is 2.90. The zero-order valence-electron chi connectivity index (χ0n) is 12.7. The van der Waals surface area contributed by atoms with Crippen molar-refractivity contribution in [3.63, 3.8) is 0 Å². The predicted octanol–water partition coefficient (Wildman–Crippen LogP) is 4.03. The maximum Gasteiger partial charge on any atom is 0.158 e. The van der Waals surface area contributed by atoms with Crippen LogP contribution in [0.3, 0.4) is 0 Å². The predicted molar refractivity (Wildman–Crippen MR) is 76.2 cm³/mol. The van der Waals surface area contributed by atoms with Gasteiger partial charge in [-0.15, -0.1) is 0 Å². The largest absolute Gasteiger partial charge is 0.367 e. The summed E-state index contributed by atoms with van der Waals surface area (Å²) >= 11 is 0. The molecule has 0 radical (unpaired) electrons. The lowest BCUT2D eigenvalue weighted by molar-refractivity contribution is -0.0964. The van der Waals surface area contributed by atoms with E-state index in [2.05, 4.69) is 0 Å². The quantitative estimate of drug-likeness (QED) is 0.835. The molecule has 2 saturated heterocycles. The van der Waals surface area contributed by atoms with Gasteiger partial charge in [0, 0.05) is 5.56 Å². The highest BCUT2D eigenvalue weighted by molar-refractivity contribution is 5.18. The maximum atomic E-state index is 14.9. The Morgan fingerprint density at radius 3 is 2.67 bits per heavy atom. The number of hydrogen-bond acceptors (Lipinski definition) is 2. The van der Waals surface area contributed by atoms with Crippen LogP contribution >= 0.6 is 0 Å². The molecule has 2 heterocycles. The second kappa shape index (κ2) is 5.03. The standard InChI is InChI=1S/C17H22F2O2/c1-11(2)17-9-8-16(3,21-17)15(14(17)19)20-10-12-6-4-5-7-13(12)18/h4-7,11,14-15H,8-10H2,1-3H3/t14-,15-,16+,17+/m1/s1. The van der Waals surface area contributed by atoms with Gasteiger partial charge < -0.3 is 9.47 Å². The monoisotopic (exact) mass is 296 g/mol. The van der Waals surface area contributed by atoms with E-state index >= 15 is 0 Å². The van der Waals surface area contributed by atoms with Crippen molar-refractivity contribution in [3.05, 3.63) is 35.6 Å². The summed E-state index contributed by atoms with van der Waals surface area (Å²) in [5.74, 6) is -0.225. The number of rotatable bonds is 4. The van der Waals surface area contributed by atoms with Gasteiger partial charge in [-0.05, 0) is 31.7 Å². The van der Waals surface area contributed by atoms with Crippen molar-refractivity contribution < 1.29 is 18.3 Å². The Kier molecular flexibility index (Phi) is 3.57. The van der Waals surface area contributed by atoms with Crippen molar-refractivity contribution >= 4 is 0 Å². The number of alkyl halides is 1. The molecule has 116 valence electrons. The normalized spacial score (nSPS) is 38.4. The molecule has 3 rings (SSSR count). The molecule has 2 bridgehead atoms. The molecule has 2 fully saturated rings. The molecule has 0 spiro atoms. The summed E-state index contributed by atoms with van der Waals surface area (Å²) in [5.41, 5.74) is -0.890. The first-order valence-corrected chi connectivity index (χ1v) is 7.58. The van der Waals surface area contributed by atoms with Crippen LogP contribution in [0.5, 0.6) is 0 Å². The number of halogens is 2. The first kappa shape index (κ1) is 14.9. The van der Waals surface area contributed by atoms with Gasteiger partial charge in [-0.1, -0.05) is 32.0 Å². The minimum absolute atomic E-state index is 0.0743. The number of ether oxygens (including phenoxy) is 2. The van der Waals surface area contributed by atoms with Crippen LogP contribution in [0.1, 0.15) is 39.2 Å². The van der Waals surface area contributed by atoms with E-state index in [-0.39, 0.29) is 18.3 Å². The Bertz CT molecular complexity index is 533. The molecule has 0 amide bonds. The summed E-state index contributed by atoms with van der Waals surface area (Å²) in [4.78, 5) is 0. The van der Waals surface area contributed by atoms with Crippen molar-refractivity contribution in [3.8, 4) is 0 Å². The Hall–Kier alpha value is -1.00. The molecule has 0 unspecified atom stereocenters. The molecule has 0 aromatic heterocycles. The molecule has 0 aliphatic carbocycles. The van der Waals surface area contributed by atoms with Crippen LogP contribution in [0.2, 0.25) is 0 Å². The summed E-state index contributed by atoms with van der Waals surface area (Å²) < 4.78 is 40.3.